The lowest BCUT2D eigenvalue weighted by Crippen LogP contribution is -2.50. The van der Waals surface area contributed by atoms with Gasteiger partial charge in [-0.1, -0.05) is 36.4 Å². The van der Waals surface area contributed by atoms with Gasteiger partial charge in [0.05, 0.1) is 18.8 Å². The highest BCUT2D eigenvalue weighted by molar-refractivity contribution is 7.88. The average molecular weight is 417 g/mol. The van der Waals surface area contributed by atoms with Gasteiger partial charge in [-0.15, -0.1) is 0 Å². The van der Waals surface area contributed by atoms with Gasteiger partial charge in [0.25, 0.3) is 0 Å². The molecular formula is C22H28N2O4S. The maximum absolute atomic E-state index is 12.6. The normalized spacial score (nSPS) is 15.3. The van der Waals surface area contributed by atoms with Crippen LogP contribution in [0.3, 0.4) is 0 Å². The van der Waals surface area contributed by atoms with Gasteiger partial charge in [0, 0.05) is 26.2 Å². The molecule has 2 aromatic rings. The second-order valence-corrected chi connectivity index (χ2v) is 9.41. The largest absolute Gasteiger partial charge is 0.493 e. The van der Waals surface area contributed by atoms with E-state index in [1.54, 1.807) is 4.90 Å². The summed E-state index contributed by atoms with van der Waals surface area (Å²) >= 11 is 0. The molecule has 7 heteroatoms. The van der Waals surface area contributed by atoms with Crippen molar-refractivity contribution in [2.24, 2.45) is 0 Å². The summed E-state index contributed by atoms with van der Waals surface area (Å²) in [7, 11) is -3.38. The van der Waals surface area contributed by atoms with Crippen molar-refractivity contribution in [1.82, 2.24) is 9.21 Å². The fraction of sp³-hybridized carbons (Fsp3) is 0.409. The van der Waals surface area contributed by atoms with Crippen molar-refractivity contribution in [3.63, 3.8) is 0 Å². The Morgan fingerprint density at radius 3 is 2.21 bits per heavy atom. The van der Waals surface area contributed by atoms with Gasteiger partial charge in [0.1, 0.15) is 5.75 Å². The summed E-state index contributed by atoms with van der Waals surface area (Å²) in [6, 6.07) is 15.1. The van der Waals surface area contributed by atoms with Crippen LogP contribution in [0.15, 0.2) is 48.5 Å². The number of amides is 1. The first kappa shape index (κ1) is 21.3. The van der Waals surface area contributed by atoms with Crippen molar-refractivity contribution in [3.8, 4) is 5.75 Å². The molecule has 1 saturated heterocycles. The van der Waals surface area contributed by atoms with Crippen LogP contribution in [0.25, 0.3) is 0 Å². The number of hydrogen-bond acceptors (Lipinski definition) is 4. The number of aryl methyl sites for hydroxylation is 2. The molecule has 0 aliphatic carbocycles. The molecule has 0 unspecified atom stereocenters. The SMILES string of the molecule is Cc1cc(C)cc(OCCC(=O)N2CCN(S(=O)(=O)Cc3ccccc3)CC2)c1. The van der Waals surface area contributed by atoms with Gasteiger partial charge in [-0.05, 0) is 42.7 Å². The maximum atomic E-state index is 12.6. The Kier molecular flexibility index (Phi) is 6.92. The lowest BCUT2D eigenvalue weighted by molar-refractivity contribution is -0.132. The molecule has 1 fully saturated rings. The molecular weight excluding hydrogens is 388 g/mol. The Balaban J connectivity index is 1.45. The molecule has 1 heterocycles. The average Bonchev–Trinajstić information content (AvgIpc) is 2.68. The van der Waals surface area contributed by atoms with Gasteiger partial charge in [-0.25, -0.2) is 8.42 Å². The zero-order valence-corrected chi connectivity index (χ0v) is 17.8. The lowest BCUT2D eigenvalue weighted by Gasteiger charge is -2.34. The molecule has 1 amide bonds. The fourth-order valence-corrected chi connectivity index (χ4v) is 5.04. The third kappa shape index (κ3) is 6.05. The standard InChI is InChI=1S/C22H28N2O4S/c1-18-14-19(2)16-21(15-18)28-13-8-22(25)23-9-11-24(12-10-23)29(26,27)17-20-6-4-3-5-7-20/h3-7,14-16H,8-13,17H2,1-2H3. The van der Waals surface area contributed by atoms with E-state index in [1.807, 2.05) is 56.3 Å². The summed E-state index contributed by atoms with van der Waals surface area (Å²) in [6.07, 6.45) is 0.282. The van der Waals surface area contributed by atoms with Crippen LogP contribution in [0, 0.1) is 13.8 Å². The number of benzene rings is 2. The van der Waals surface area contributed by atoms with E-state index in [-0.39, 0.29) is 18.1 Å². The summed E-state index contributed by atoms with van der Waals surface area (Å²) in [6.45, 7) is 5.82. The van der Waals surface area contributed by atoms with Crippen LogP contribution >= 0.6 is 0 Å². The highest BCUT2D eigenvalue weighted by Crippen LogP contribution is 2.17. The predicted octanol–water partition coefficient (Wildman–Crippen LogP) is 2.75. The molecule has 0 saturated carbocycles. The van der Waals surface area contributed by atoms with Crippen LogP contribution < -0.4 is 4.74 Å². The summed E-state index contributed by atoms with van der Waals surface area (Å²) in [5, 5.41) is 0. The molecule has 1 aliphatic heterocycles. The van der Waals surface area contributed by atoms with Crippen LogP contribution in [-0.4, -0.2) is 56.3 Å². The van der Waals surface area contributed by atoms with E-state index >= 15 is 0 Å². The smallest absolute Gasteiger partial charge is 0.226 e. The number of piperazine rings is 1. The topological polar surface area (TPSA) is 66.9 Å². The van der Waals surface area contributed by atoms with E-state index in [1.165, 1.54) is 4.31 Å². The molecule has 1 aliphatic rings. The van der Waals surface area contributed by atoms with Gasteiger partial charge in [0.2, 0.25) is 15.9 Å². The number of ether oxygens (including phenoxy) is 1. The lowest BCUT2D eigenvalue weighted by atomic mass is 10.1. The van der Waals surface area contributed by atoms with Gasteiger partial charge in [-0.3, -0.25) is 4.79 Å². The molecule has 0 bridgehead atoms. The second-order valence-electron chi connectivity index (χ2n) is 7.44. The maximum Gasteiger partial charge on any atom is 0.226 e. The van der Waals surface area contributed by atoms with E-state index < -0.39 is 10.0 Å². The minimum Gasteiger partial charge on any atom is -0.493 e. The third-order valence-electron chi connectivity index (χ3n) is 4.96. The minimum atomic E-state index is -3.38. The number of carbonyl (C=O) groups is 1. The summed E-state index contributed by atoms with van der Waals surface area (Å²) in [4.78, 5) is 14.2. The van der Waals surface area contributed by atoms with Crippen molar-refractivity contribution < 1.29 is 17.9 Å². The second kappa shape index (κ2) is 9.41. The molecule has 6 nitrogen and oxygen atoms in total. The van der Waals surface area contributed by atoms with Gasteiger partial charge < -0.3 is 9.64 Å². The van der Waals surface area contributed by atoms with Crippen LogP contribution in [0.4, 0.5) is 0 Å². The molecule has 2 aromatic carbocycles. The molecule has 0 radical (unpaired) electrons. The van der Waals surface area contributed by atoms with Crippen LogP contribution in [0.2, 0.25) is 0 Å². The molecule has 0 spiro atoms. The van der Waals surface area contributed by atoms with E-state index in [0.717, 1.165) is 22.4 Å². The Labute approximate surface area is 173 Å². The third-order valence-corrected chi connectivity index (χ3v) is 6.81. The van der Waals surface area contributed by atoms with Gasteiger partial charge >= 0.3 is 0 Å². The molecule has 0 aromatic heterocycles. The highest BCUT2D eigenvalue weighted by Gasteiger charge is 2.28. The summed E-state index contributed by atoms with van der Waals surface area (Å²) in [5.74, 6) is 0.757. The Hall–Kier alpha value is -2.38. The minimum absolute atomic E-state index is 0.00511. The Morgan fingerprint density at radius 2 is 1.59 bits per heavy atom. The first-order chi connectivity index (χ1) is 13.8. The predicted molar refractivity (Wildman–Crippen MR) is 113 cm³/mol. The van der Waals surface area contributed by atoms with E-state index in [2.05, 4.69) is 6.07 Å². The Bertz CT molecular complexity index is 916. The molecule has 3 rings (SSSR count). The molecule has 0 atom stereocenters. The van der Waals surface area contributed by atoms with Crippen molar-refractivity contribution in [2.75, 3.05) is 32.8 Å². The fourth-order valence-electron chi connectivity index (χ4n) is 3.52. The van der Waals surface area contributed by atoms with Crippen LogP contribution in [-0.2, 0) is 20.6 Å². The van der Waals surface area contributed by atoms with Crippen molar-refractivity contribution in [3.05, 3.63) is 65.2 Å². The Morgan fingerprint density at radius 1 is 0.966 bits per heavy atom. The first-order valence-corrected chi connectivity index (χ1v) is 11.4. The van der Waals surface area contributed by atoms with Gasteiger partial charge in [-0.2, -0.15) is 4.31 Å². The highest BCUT2D eigenvalue weighted by atomic mass is 32.2. The van der Waals surface area contributed by atoms with E-state index in [9.17, 15) is 13.2 Å². The quantitative estimate of drug-likeness (QED) is 0.696. The number of rotatable bonds is 7. The van der Waals surface area contributed by atoms with E-state index in [0.29, 0.717) is 32.8 Å². The zero-order chi connectivity index (χ0) is 20.9. The summed E-state index contributed by atoms with van der Waals surface area (Å²) < 4.78 is 32.4. The number of sulfonamides is 1. The zero-order valence-electron chi connectivity index (χ0n) is 17.0. The van der Waals surface area contributed by atoms with Crippen molar-refractivity contribution >= 4 is 15.9 Å². The van der Waals surface area contributed by atoms with Gasteiger partial charge in [0.15, 0.2) is 0 Å². The number of hydrogen-bond donors (Lipinski definition) is 0. The van der Waals surface area contributed by atoms with Crippen LogP contribution in [0.5, 0.6) is 5.75 Å². The molecule has 0 N–H and O–H groups in total. The monoisotopic (exact) mass is 416 g/mol. The van der Waals surface area contributed by atoms with Crippen LogP contribution in [0.1, 0.15) is 23.1 Å². The van der Waals surface area contributed by atoms with Crippen molar-refractivity contribution in [2.45, 2.75) is 26.0 Å². The first-order valence-electron chi connectivity index (χ1n) is 9.84. The molecule has 156 valence electrons. The summed E-state index contributed by atoms with van der Waals surface area (Å²) in [5.41, 5.74) is 3.02. The number of carbonyl (C=O) groups excluding carboxylic acids is 1. The number of nitrogens with zero attached hydrogens (tertiary/aromatic N) is 2. The van der Waals surface area contributed by atoms with E-state index in [4.69, 9.17) is 4.74 Å². The molecule has 29 heavy (non-hydrogen) atoms. The van der Waals surface area contributed by atoms with Crippen molar-refractivity contribution in [1.29, 1.82) is 0 Å².